The molecule has 0 saturated carbocycles. The fourth-order valence-electron chi connectivity index (χ4n) is 2.36. The Balaban J connectivity index is 2.04. The summed E-state index contributed by atoms with van der Waals surface area (Å²) in [5.41, 5.74) is 2.76. The molecule has 1 heterocycles. The topological polar surface area (TPSA) is 15.3 Å². The van der Waals surface area contributed by atoms with Gasteiger partial charge in [0.2, 0.25) is 0 Å². The third-order valence-corrected chi connectivity index (χ3v) is 4.76. The van der Waals surface area contributed by atoms with Crippen LogP contribution in [0.4, 0.5) is 5.69 Å². The monoisotopic (exact) mass is 264 g/mol. The fraction of sp³-hybridized carbons (Fsp3) is 0.600. The number of nitrogens with one attached hydrogen (secondary N) is 1. The molecule has 1 aliphatic heterocycles. The van der Waals surface area contributed by atoms with Crippen molar-refractivity contribution < 1.29 is 0 Å². The van der Waals surface area contributed by atoms with Crippen LogP contribution in [0.1, 0.15) is 25.8 Å². The predicted molar refractivity (Wildman–Crippen MR) is 82.4 cm³/mol. The molecule has 0 aromatic heterocycles. The molecule has 1 fully saturated rings. The molecule has 18 heavy (non-hydrogen) atoms. The van der Waals surface area contributed by atoms with Crippen LogP contribution in [-0.4, -0.2) is 35.5 Å². The molecule has 0 aliphatic carbocycles. The zero-order valence-electron chi connectivity index (χ0n) is 11.5. The van der Waals surface area contributed by atoms with E-state index >= 15 is 0 Å². The quantitative estimate of drug-likeness (QED) is 0.847. The predicted octanol–water partition coefficient (Wildman–Crippen LogP) is 3.45. The van der Waals surface area contributed by atoms with Gasteiger partial charge in [-0.2, -0.15) is 11.8 Å². The third kappa shape index (κ3) is 3.66. The van der Waals surface area contributed by atoms with Gasteiger partial charge in [0.05, 0.1) is 0 Å². The van der Waals surface area contributed by atoms with Crippen molar-refractivity contribution in [2.45, 2.75) is 32.9 Å². The maximum absolute atomic E-state index is 3.72. The van der Waals surface area contributed by atoms with Gasteiger partial charge in [-0.25, -0.2) is 0 Å². The molecule has 1 N–H and O–H groups in total. The Labute approximate surface area is 115 Å². The highest BCUT2D eigenvalue weighted by Gasteiger charge is 2.16. The zero-order valence-corrected chi connectivity index (χ0v) is 12.3. The van der Waals surface area contributed by atoms with Crippen LogP contribution < -0.4 is 5.32 Å². The van der Waals surface area contributed by atoms with Crippen molar-refractivity contribution >= 4 is 17.4 Å². The molecule has 1 unspecified atom stereocenters. The van der Waals surface area contributed by atoms with E-state index in [0.717, 1.165) is 19.6 Å². The van der Waals surface area contributed by atoms with Crippen molar-refractivity contribution in [3.63, 3.8) is 0 Å². The van der Waals surface area contributed by atoms with Crippen LogP contribution in [0.3, 0.4) is 0 Å². The first-order chi connectivity index (χ1) is 8.83. The largest absolute Gasteiger partial charge is 0.381 e. The molecule has 3 heteroatoms. The van der Waals surface area contributed by atoms with E-state index in [4.69, 9.17) is 0 Å². The van der Waals surface area contributed by atoms with Crippen molar-refractivity contribution in [3.8, 4) is 0 Å². The summed E-state index contributed by atoms with van der Waals surface area (Å²) in [6.45, 7) is 7.74. The van der Waals surface area contributed by atoms with E-state index in [-0.39, 0.29) is 0 Å². The number of anilines is 1. The average Bonchev–Trinajstić information content (AvgIpc) is 2.90. The highest BCUT2D eigenvalue weighted by Crippen LogP contribution is 2.24. The summed E-state index contributed by atoms with van der Waals surface area (Å²) in [6, 6.07) is 9.42. The molecule has 1 aromatic carbocycles. The molecule has 1 saturated heterocycles. The van der Waals surface area contributed by atoms with Crippen molar-refractivity contribution in [3.05, 3.63) is 29.8 Å². The maximum atomic E-state index is 3.72. The lowest BCUT2D eigenvalue weighted by atomic mass is 10.1. The number of para-hydroxylation sites is 1. The summed E-state index contributed by atoms with van der Waals surface area (Å²) in [5.74, 6) is 2.55. The first kappa shape index (κ1) is 13.8. The van der Waals surface area contributed by atoms with Gasteiger partial charge in [-0.3, -0.25) is 4.90 Å². The normalized spacial score (nSPS) is 19.4. The second-order valence-electron chi connectivity index (χ2n) is 4.82. The lowest BCUT2D eigenvalue weighted by Crippen LogP contribution is -2.24. The van der Waals surface area contributed by atoms with Gasteiger partial charge in [-0.1, -0.05) is 32.0 Å². The molecule has 1 aromatic rings. The summed E-state index contributed by atoms with van der Waals surface area (Å²) in [4.78, 5) is 2.46. The van der Waals surface area contributed by atoms with E-state index in [0.29, 0.717) is 6.04 Å². The highest BCUT2D eigenvalue weighted by molar-refractivity contribution is 7.99. The van der Waals surface area contributed by atoms with Gasteiger partial charge in [-0.15, -0.1) is 0 Å². The first-order valence-electron chi connectivity index (χ1n) is 6.98. The number of nitrogens with zero attached hydrogens (tertiary/aromatic N) is 1. The zero-order chi connectivity index (χ0) is 12.8. The molecule has 0 spiro atoms. The van der Waals surface area contributed by atoms with Crippen molar-refractivity contribution in [1.29, 1.82) is 0 Å². The standard InChI is InChI=1S/C15H24N2S/c1-3-17(4-2)11-13-7-5-6-8-15(13)16-14-9-10-18-12-14/h5-8,14,16H,3-4,9-12H2,1-2H3. The Kier molecular flexibility index (Phi) is 5.39. The average molecular weight is 264 g/mol. The molecule has 0 amide bonds. The van der Waals surface area contributed by atoms with Crippen molar-refractivity contribution in [2.24, 2.45) is 0 Å². The second kappa shape index (κ2) is 7.05. The van der Waals surface area contributed by atoms with Crippen LogP contribution in [0.5, 0.6) is 0 Å². The smallest absolute Gasteiger partial charge is 0.0388 e. The van der Waals surface area contributed by atoms with E-state index in [1.165, 1.54) is 29.2 Å². The second-order valence-corrected chi connectivity index (χ2v) is 5.97. The van der Waals surface area contributed by atoms with E-state index in [9.17, 15) is 0 Å². The van der Waals surface area contributed by atoms with E-state index in [1.807, 2.05) is 0 Å². The Morgan fingerprint density at radius 3 is 2.72 bits per heavy atom. The third-order valence-electron chi connectivity index (χ3n) is 3.60. The molecule has 0 radical (unpaired) electrons. The highest BCUT2D eigenvalue weighted by atomic mass is 32.2. The Morgan fingerprint density at radius 2 is 2.06 bits per heavy atom. The van der Waals surface area contributed by atoms with Gasteiger partial charge >= 0.3 is 0 Å². The molecule has 2 rings (SSSR count). The Hall–Kier alpha value is -0.670. The number of hydrogen-bond donors (Lipinski definition) is 1. The molecule has 100 valence electrons. The maximum Gasteiger partial charge on any atom is 0.0388 e. The lowest BCUT2D eigenvalue weighted by Gasteiger charge is -2.22. The Bertz CT molecular complexity index is 334. The van der Waals surface area contributed by atoms with Crippen LogP contribution in [0.25, 0.3) is 0 Å². The van der Waals surface area contributed by atoms with Gasteiger partial charge in [0, 0.05) is 24.0 Å². The van der Waals surface area contributed by atoms with Gasteiger partial charge in [0.25, 0.3) is 0 Å². The summed E-state index contributed by atoms with van der Waals surface area (Å²) in [6.07, 6.45) is 1.30. The van der Waals surface area contributed by atoms with Gasteiger partial charge in [-0.05, 0) is 36.9 Å². The minimum Gasteiger partial charge on any atom is -0.381 e. The summed E-state index contributed by atoms with van der Waals surface area (Å²) in [7, 11) is 0. The van der Waals surface area contributed by atoms with Crippen LogP contribution in [0.15, 0.2) is 24.3 Å². The van der Waals surface area contributed by atoms with Crippen molar-refractivity contribution in [1.82, 2.24) is 4.90 Å². The molecule has 1 aliphatic rings. The molecular weight excluding hydrogens is 240 g/mol. The fourth-order valence-corrected chi connectivity index (χ4v) is 3.51. The SMILES string of the molecule is CCN(CC)Cc1ccccc1NC1CCSC1. The van der Waals surface area contributed by atoms with Crippen LogP contribution >= 0.6 is 11.8 Å². The molecular formula is C15H24N2S. The Morgan fingerprint density at radius 1 is 1.28 bits per heavy atom. The molecule has 2 nitrogen and oxygen atoms in total. The van der Waals surface area contributed by atoms with Crippen LogP contribution in [-0.2, 0) is 6.54 Å². The first-order valence-corrected chi connectivity index (χ1v) is 8.13. The van der Waals surface area contributed by atoms with E-state index in [1.54, 1.807) is 0 Å². The van der Waals surface area contributed by atoms with Crippen LogP contribution in [0, 0.1) is 0 Å². The van der Waals surface area contributed by atoms with Gasteiger partial charge < -0.3 is 5.32 Å². The summed E-state index contributed by atoms with van der Waals surface area (Å²) >= 11 is 2.06. The van der Waals surface area contributed by atoms with E-state index < -0.39 is 0 Å². The minimum absolute atomic E-state index is 0.660. The number of hydrogen-bond acceptors (Lipinski definition) is 3. The molecule has 0 bridgehead atoms. The van der Waals surface area contributed by atoms with Gasteiger partial charge in [0.1, 0.15) is 0 Å². The number of thioether (sulfide) groups is 1. The van der Waals surface area contributed by atoms with Crippen molar-refractivity contribution in [2.75, 3.05) is 29.9 Å². The van der Waals surface area contributed by atoms with E-state index in [2.05, 4.69) is 60.1 Å². The molecule has 1 atom stereocenters. The van der Waals surface area contributed by atoms with Crippen LogP contribution in [0.2, 0.25) is 0 Å². The number of rotatable bonds is 6. The summed E-state index contributed by atoms with van der Waals surface area (Å²) < 4.78 is 0. The van der Waals surface area contributed by atoms with Gasteiger partial charge in [0.15, 0.2) is 0 Å². The number of benzene rings is 1. The lowest BCUT2D eigenvalue weighted by molar-refractivity contribution is 0.296. The minimum atomic E-state index is 0.660. The summed E-state index contributed by atoms with van der Waals surface area (Å²) in [5, 5.41) is 3.72.